The molecule has 1 saturated heterocycles. The van der Waals surface area contributed by atoms with Crippen LogP contribution < -0.4 is 10.6 Å². The fourth-order valence-electron chi connectivity index (χ4n) is 3.95. The van der Waals surface area contributed by atoms with E-state index >= 15 is 0 Å². The molecule has 0 aliphatic carbocycles. The van der Waals surface area contributed by atoms with Gasteiger partial charge in [0.1, 0.15) is 12.1 Å². The van der Waals surface area contributed by atoms with Gasteiger partial charge in [-0.3, -0.25) is 4.79 Å². The number of benzene rings is 2. The van der Waals surface area contributed by atoms with Gasteiger partial charge < -0.3 is 15.5 Å². The molecule has 2 aromatic carbocycles. The van der Waals surface area contributed by atoms with Gasteiger partial charge in [-0.15, -0.1) is 24.8 Å². The number of hydrogen-bond donors (Lipinski definition) is 1. The minimum Gasteiger partial charge on any atom is -0.352 e. The van der Waals surface area contributed by atoms with Crippen molar-refractivity contribution in [1.29, 1.82) is 0 Å². The van der Waals surface area contributed by atoms with E-state index in [0.29, 0.717) is 31.2 Å². The van der Waals surface area contributed by atoms with Crippen molar-refractivity contribution >= 4 is 59.0 Å². The van der Waals surface area contributed by atoms with Crippen LogP contribution in [0.2, 0.25) is 5.02 Å². The number of hydrogen-bond acceptors (Lipinski definition) is 5. The van der Waals surface area contributed by atoms with Crippen LogP contribution in [0.25, 0.3) is 10.9 Å². The highest BCUT2D eigenvalue weighted by molar-refractivity contribution is 6.30. The summed E-state index contributed by atoms with van der Waals surface area (Å²) in [5.74, 6) is 0.889. The van der Waals surface area contributed by atoms with Crippen LogP contribution in [0.5, 0.6) is 0 Å². The van der Waals surface area contributed by atoms with E-state index in [0.717, 1.165) is 22.3 Å². The molecule has 0 unspecified atom stereocenters. The summed E-state index contributed by atoms with van der Waals surface area (Å²) in [4.78, 5) is 26.1. The lowest BCUT2D eigenvalue weighted by atomic mass is 9.77. The molecule has 172 valence electrons. The molecular weight excluding hydrogens is 469 g/mol. The summed E-state index contributed by atoms with van der Waals surface area (Å²) in [7, 11) is 0. The van der Waals surface area contributed by atoms with Gasteiger partial charge in [-0.25, -0.2) is 9.97 Å². The predicted molar refractivity (Wildman–Crippen MR) is 135 cm³/mol. The average molecular weight is 497 g/mol. The molecule has 1 fully saturated rings. The zero-order valence-electron chi connectivity index (χ0n) is 18.1. The van der Waals surface area contributed by atoms with Gasteiger partial charge in [0.2, 0.25) is 5.91 Å². The zero-order valence-corrected chi connectivity index (χ0v) is 20.5. The standard InChI is InChI=1S/C23H26ClN5O.2ClH/c1-23(2,16-7-9-17(24)10-8-16)20(25)22(30)29-13-11-28(12-14-29)21-18-5-3-4-6-19(18)26-15-27-21;;/h3-10,15,20H,11-14,25H2,1-2H3;2*1H/t20-;;/m0../s1. The van der Waals surface area contributed by atoms with Gasteiger partial charge in [0.25, 0.3) is 0 Å². The van der Waals surface area contributed by atoms with Gasteiger partial charge in [0, 0.05) is 42.0 Å². The minimum atomic E-state index is -0.634. The number of halogens is 3. The third-order valence-corrected chi connectivity index (χ3v) is 6.30. The number of carbonyl (C=O) groups is 1. The van der Waals surface area contributed by atoms with Crippen molar-refractivity contribution in [2.75, 3.05) is 31.1 Å². The largest absolute Gasteiger partial charge is 0.352 e. The molecule has 9 heteroatoms. The van der Waals surface area contributed by atoms with E-state index in [-0.39, 0.29) is 30.7 Å². The van der Waals surface area contributed by atoms with Crippen molar-refractivity contribution in [2.45, 2.75) is 25.3 Å². The second kappa shape index (κ2) is 10.7. The van der Waals surface area contributed by atoms with E-state index in [2.05, 4.69) is 14.9 Å². The Morgan fingerprint density at radius 3 is 2.28 bits per heavy atom. The quantitative estimate of drug-likeness (QED) is 0.589. The summed E-state index contributed by atoms with van der Waals surface area (Å²) >= 11 is 6.01. The summed E-state index contributed by atoms with van der Waals surface area (Å²) in [6.45, 7) is 6.65. The summed E-state index contributed by atoms with van der Waals surface area (Å²) in [6, 6.07) is 14.9. The molecule has 0 radical (unpaired) electrons. The Morgan fingerprint density at radius 1 is 1.00 bits per heavy atom. The maximum absolute atomic E-state index is 13.2. The topological polar surface area (TPSA) is 75.4 Å². The normalized spacial score (nSPS) is 15.0. The summed E-state index contributed by atoms with van der Waals surface area (Å²) in [5, 5.41) is 1.70. The molecule has 1 atom stereocenters. The molecule has 2 heterocycles. The Labute approximate surface area is 206 Å². The number of aromatic nitrogens is 2. The Hall–Kier alpha value is -2.12. The highest BCUT2D eigenvalue weighted by Gasteiger charge is 2.37. The van der Waals surface area contributed by atoms with Crippen LogP contribution in [-0.2, 0) is 10.2 Å². The lowest BCUT2D eigenvalue weighted by Crippen LogP contribution is -2.58. The Morgan fingerprint density at radius 2 is 1.62 bits per heavy atom. The van der Waals surface area contributed by atoms with Gasteiger partial charge in [-0.1, -0.05) is 49.7 Å². The molecule has 0 saturated carbocycles. The number of anilines is 1. The van der Waals surface area contributed by atoms with Crippen molar-refractivity contribution < 1.29 is 4.79 Å². The van der Waals surface area contributed by atoms with E-state index < -0.39 is 11.5 Å². The smallest absolute Gasteiger partial charge is 0.240 e. The van der Waals surface area contributed by atoms with Crippen LogP contribution in [0.4, 0.5) is 5.82 Å². The average Bonchev–Trinajstić information content (AvgIpc) is 2.78. The number of amides is 1. The second-order valence-electron chi connectivity index (χ2n) is 8.23. The zero-order chi connectivity index (χ0) is 21.3. The molecule has 2 N–H and O–H groups in total. The molecular formula is C23H28Cl3N5O. The maximum Gasteiger partial charge on any atom is 0.240 e. The van der Waals surface area contributed by atoms with E-state index in [1.165, 1.54) is 0 Å². The highest BCUT2D eigenvalue weighted by atomic mass is 35.5. The fraction of sp³-hybridized carbons (Fsp3) is 0.348. The van der Waals surface area contributed by atoms with Gasteiger partial charge >= 0.3 is 0 Å². The molecule has 0 bridgehead atoms. The van der Waals surface area contributed by atoms with Gasteiger partial charge in [-0.2, -0.15) is 0 Å². The molecule has 1 aromatic heterocycles. The molecule has 0 spiro atoms. The SMILES string of the molecule is CC(C)(c1ccc(Cl)cc1)[C@@H](N)C(=O)N1CCN(c2ncnc3ccccc23)CC1.Cl.Cl. The van der Waals surface area contributed by atoms with E-state index in [4.69, 9.17) is 17.3 Å². The maximum atomic E-state index is 13.2. The van der Waals surface area contributed by atoms with Crippen LogP contribution in [-0.4, -0.2) is 53.0 Å². The first kappa shape index (κ1) is 26.1. The summed E-state index contributed by atoms with van der Waals surface area (Å²) < 4.78 is 0. The summed E-state index contributed by atoms with van der Waals surface area (Å²) in [5.41, 5.74) is 7.88. The van der Waals surface area contributed by atoms with Crippen molar-refractivity contribution in [2.24, 2.45) is 5.73 Å². The molecule has 4 rings (SSSR count). The van der Waals surface area contributed by atoms with Crippen molar-refractivity contribution in [3.8, 4) is 0 Å². The van der Waals surface area contributed by atoms with Gasteiger partial charge in [0.05, 0.1) is 11.6 Å². The van der Waals surface area contributed by atoms with E-state index in [1.807, 2.05) is 67.3 Å². The first-order valence-corrected chi connectivity index (χ1v) is 10.5. The number of carbonyl (C=O) groups excluding carboxylic acids is 1. The fourth-order valence-corrected chi connectivity index (χ4v) is 4.07. The van der Waals surface area contributed by atoms with Crippen LogP contribution >= 0.6 is 36.4 Å². The first-order valence-electron chi connectivity index (χ1n) is 10.1. The number of piperazine rings is 1. The van der Waals surface area contributed by atoms with Crippen LogP contribution in [0.15, 0.2) is 54.9 Å². The molecule has 6 nitrogen and oxygen atoms in total. The number of para-hydroxylation sites is 1. The van der Waals surface area contributed by atoms with Crippen molar-refractivity contribution in [3.05, 3.63) is 65.4 Å². The van der Waals surface area contributed by atoms with E-state index in [1.54, 1.807) is 6.33 Å². The van der Waals surface area contributed by atoms with Gasteiger partial charge in [-0.05, 0) is 29.8 Å². The predicted octanol–water partition coefficient (Wildman–Crippen LogP) is 4.08. The lowest BCUT2D eigenvalue weighted by molar-refractivity contribution is -0.134. The molecule has 32 heavy (non-hydrogen) atoms. The third kappa shape index (κ3) is 5.09. The van der Waals surface area contributed by atoms with Crippen LogP contribution in [0.3, 0.4) is 0 Å². The highest BCUT2D eigenvalue weighted by Crippen LogP contribution is 2.29. The number of nitrogens with two attached hydrogens (primary N) is 1. The Kier molecular flexibility index (Phi) is 8.71. The first-order chi connectivity index (χ1) is 14.4. The van der Waals surface area contributed by atoms with Crippen LogP contribution in [0, 0.1) is 0 Å². The molecule has 3 aromatic rings. The molecule has 1 amide bonds. The number of nitrogens with zero attached hydrogens (tertiary/aromatic N) is 4. The van der Waals surface area contributed by atoms with E-state index in [9.17, 15) is 4.79 Å². The molecule has 1 aliphatic heterocycles. The van der Waals surface area contributed by atoms with Crippen molar-refractivity contribution in [3.63, 3.8) is 0 Å². The van der Waals surface area contributed by atoms with Crippen LogP contribution in [0.1, 0.15) is 19.4 Å². The number of rotatable bonds is 4. The monoisotopic (exact) mass is 495 g/mol. The van der Waals surface area contributed by atoms with Gasteiger partial charge in [0.15, 0.2) is 0 Å². The Bertz CT molecular complexity index is 1050. The van der Waals surface area contributed by atoms with Crippen molar-refractivity contribution in [1.82, 2.24) is 14.9 Å². The lowest BCUT2D eigenvalue weighted by Gasteiger charge is -2.39. The summed E-state index contributed by atoms with van der Waals surface area (Å²) in [6.07, 6.45) is 1.60. The third-order valence-electron chi connectivity index (χ3n) is 6.04. The number of fused-ring (bicyclic) bond motifs is 1. The second-order valence-corrected chi connectivity index (χ2v) is 8.67. The molecule has 1 aliphatic rings. The Balaban J connectivity index is 0.00000181. The minimum absolute atomic E-state index is 0.